The van der Waals surface area contributed by atoms with E-state index >= 15 is 0 Å². The molecule has 0 bridgehead atoms. The van der Waals surface area contributed by atoms with Gasteiger partial charge >= 0.3 is 0 Å². The summed E-state index contributed by atoms with van der Waals surface area (Å²) in [5.41, 5.74) is -0.285. The maximum Gasteiger partial charge on any atom is 0.215 e. The van der Waals surface area contributed by atoms with Crippen LogP contribution in [0, 0.1) is 5.92 Å². The third-order valence-corrected chi connectivity index (χ3v) is 5.84. The second-order valence-electron chi connectivity index (χ2n) is 6.14. The van der Waals surface area contributed by atoms with Gasteiger partial charge in [-0.05, 0) is 52.4 Å². The summed E-state index contributed by atoms with van der Waals surface area (Å²) in [7, 11) is -3.20. The van der Waals surface area contributed by atoms with Gasteiger partial charge < -0.3 is 5.32 Å². The van der Waals surface area contributed by atoms with Gasteiger partial charge in [0.25, 0.3) is 0 Å². The van der Waals surface area contributed by atoms with Crippen molar-refractivity contribution in [3.8, 4) is 0 Å². The van der Waals surface area contributed by atoms with E-state index in [0.29, 0.717) is 18.5 Å². The van der Waals surface area contributed by atoms with Crippen LogP contribution < -0.4 is 10.0 Å². The number of hydrogen-bond donors (Lipinski definition) is 2. The quantitative estimate of drug-likeness (QED) is 0.724. The first kappa shape index (κ1) is 13.3. The van der Waals surface area contributed by atoms with Crippen LogP contribution in [0.15, 0.2) is 0 Å². The molecule has 0 aromatic rings. The van der Waals surface area contributed by atoms with Gasteiger partial charge in [-0.15, -0.1) is 0 Å². The van der Waals surface area contributed by atoms with Gasteiger partial charge in [0.05, 0.1) is 5.25 Å². The van der Waals surface area contributed by atoms with E-state index in [1.54, 1.807) is 6.92 Å². The Bertz CT molecular complexity index is 370. The first-order valence-electron chi connectivity index (χ1n) is 6.57. The van der Waals surface area contributed by atoms with Crippen molar-refractivity contribution in [1.29, 1.82) is 0 Å². The third kappa shape index (κ3) is 3.66. The molecule has 0 heterocycles. The molecule has 2 rings (SSSR count). The van der Waals surface area contributed by atoms with E-state index in [1.807, 2.05) is 13.8 Å². The smallest absolute Gasteiger partial charge is 0.215 e. The lowest BCUT2D eigenvalue weighted by Crippen LogP contribution is -2.50. The molecule has 1 unspecified atom stereocenters. The van der Waals surface area contributed by atoms with Crippen molar-refractivity contribution in [3.05, 3.63) is 0 Å². The van der Waals surface area contributed by atoms with E-state index in [0.717, 1.165) is 12.8 Å². The van der Waals surface area contributed by atoms with Gasteiger partial charge in [-0.1, -0.05) is 0 Å². The van der Waals surface area contributed by atoms with Gasteiger partial charge in [0.15, 0.2) is 0 Å². The molecule has 2 saturated carbocycles. The van der Waals surface area contributed by atoms with Gasteiger partial charge in [-0.2, -0.15) is 0 Å². The lowest BCUT2D eigenvalue weighted by atomic mass is 10.0. The van der Waals surface area contributed by atoms with Crippen LogP contribution in [0.5, 0.6) is 0 Å². The van der Waals surface area contributed by atoms with Crippen LogP contribution in [0.25, 0.3) is 0 Å². The van der Waals surface area contributed by atoms with Crippen LogP contribution in [0.1, 0.15) is 46.5 Å². The molecule has 1 atom stereocenters. The minimum Gasteiger partial charge on any atom is -0.313 e. The van der Waals surface area contributed by atoms with Crippen LogP contribution in [0.4, 0.5) is 0 Å². The van der Waals surface area contributed by atoms with Crippen molar-refractivity contribution >= 4 is 10.0 Å². The summed E-state index contributed by atoms with van der Waals surface area (Å²) in [6.07, 6.45) is 4.66. The van der Waals surface area contributed by atoms with E-state index in [4.69, 9.17) is 0 Å². The van der Waals surface area contributed by atoms with Crippen LogP contribution in [0.3, 0.4) is 0 Å². The average molecular weight is 260 g/mol. The zero-order valence-electron chi connectivity index (χ0n) is 11.0. The number of rotatable bonds is 7. The molecule has 17 heavy (non-hydrogen) atoms. The molecule has 2 fully saturated rings. The normalized spacial score (nSPS) is 23.7. The van der Waals surface area contributed by atoms with Gasteiger partial charge in [0, 0.05) is 18.1 Å². The lowest BCUT2D eigenvalue weighted by Gasteiger charge is -2.28. The molecule has 0 aromatic heterocycles. The fraction of sp³-hybridized carbons (Fsp3) is 1.00. The minimum atomic E-state index is -3.20. The number of sulfonamides is 1. The Hall–Kier alpha value is -0.130. The maximum absolute atomic E-state index is 12.2. The molecule has 2 N–H and O–H groups in total. The first-order chi connectivity index (χ1) is 7.81. The molecule has 0 spiro atoms. The summed E-state index contributed by atoms with van der Waals surface area (Å²) in [6.45, 7) is 6.31. The summed E-state index contributed by atoms with van der Waals surface area (Å²) >= 11 is 0. The summed E-state index contributed by atoms with van der Waals surface area (Å²) < 4.78 is 27.2. The highest BCUT2D eigenvalue weighted by Crippen LogP contribution is 2.39. The fourth-order valence-electron chi connectivity index (χ4n) is 2.09. The van der Waals surface area contributed by atoms with E-state index in [1.165, 1.54) is 12.8 Å². The van der Waals surface area contributed by atoms with E-state index in [-0.39, 0.29) is 10.8 Å². The Balaban J connectivity index is 1.87. The summed E-state index contributed by atoms with van der Waals surface area (Å²) in [6, 6.07) is 0.559. The van der Waals surface area contributed by atoms with E-state index in [2.05, 4.69) is 10.0 Å². The molecular weight excluding hydrogens is 236 g/mol. The molecule has 2 aliphatic carbocycles. The van der Waals surface area contributed by atoms with Gasteiger partial charge in [-0.3, -0.25) is 0 Å². The van der Waals surface area contributed by atoms with Gasteiger partial charge in [0.1, 0.15) is 0 Å². The Morgan fingerprint density at radius 3 is 2.29 bits per heavy atom. The van der Waals surface area contributed by atoms with Crippen molar-refractivity contribution in [2.75, 3.05) is 6.54 Å². The molecule has 0 radical (unpaired) electrons. The average Bonchev–Trinajstić information content (AvgIpc) is 3.00. The number of hydrogen-bond acceptors (Lipinski definition) is 3. The van der Waals surface area contributed by atoms with E-state index in [9.17, 15) is 8.42 Å². The maximum atomic E-state index is 12.2. The molecule has 0 saturated heterocycles. The predicted octanol–water partition coefficient (Wildman–Crippen LogP) is 1.23. The molecule has 5 heteroatoms. The van der Waals surface area contributed by atoms with Crippen LogP contribution in [0.2, 0.25) is 0 Å². The molecule has 0 aliphatic heterocycles. The van der Waals surface area contributed by atoms with Gasteiger partial charge in [-0.25, -0.2) is 13.1 Å². The standard InChI is InChI=1S/C12H24N2O2S/c1-9(8-13-11-6-7-11)17(15,16)14-12(2,3)10-4-5-10/h9-11,13-14H,4-8H2,1-3H3. The van der Waals surface area contributed by atoms with Crippen LogP contribution in [-0.4, -0.2) is 31.8 Å². The molecule has 0 amide bonds. The third-order valence-electron chi connectivity index (χ3n) is 3.80. The zero-order valence-corrected chi connectivity index (χ0v) is 11.8. The van der Waals surface area contributed by atoms with Crippen molar-refractivity contribution in [2.24, 2.45) is 5.92 Å². The summed E-state index contributed by atoms with van der Waals surface area (Å²) in [5, 5.41) is 2.91. The van der Waals surface area contributed by atoms with Crippen molar-refractivity contribution in [2.45, 2.75) is 63.3 Å². The summed E-state index contributed by atoms with van der Waals surface area (Å²) in [5.74, 6) is 0.515. The molecule has 4 nitrogen and oxygen atoms in total. The Morgan fingerprint density at radius 2 is 1.82 bits per heavy atom. The fourth-order valence-corrected chi connectivity index (χ4v) is 3.50. The van der Waals surface area contributed by atoms with Crippen molar-refractivity contribution in [3.63, 3.8) is 0 Å². The predicted molar refractivity (Wildman–Crippen MR) is 69.3 cm³/mol. The Kier molecular flexibility index (Phi) is 3.54. The topological polar surface area (TPSA) is 58.2 Å². The molecular formula is C12H24N2O2S. The molecule has 100 valence electrons. The molecule has 0 aromatic carbocycles. The second kappa shape index (κ2) is 4.52. The minimum absolute atomic E-state index is 0.285. The largest absolute Gasteiger partial charge is 0.313 e. The number of nitrogens with one attached hydrogen (secondary N) is 2. The highest BCUT2D eigenvalue weighted by molar-refractivity contribution is 7.90. The Morgan fingerprint density at radius 1 is 1.24 bits per heavy atom. The monoisotopic (exact) mass is 260 g/mol. The van der Waals surface area contributed by atoms with Crippen LogP contribution in [-0.2, 0) is 10.0 Å². The lowest BCUT2D eigenvalue weighted by molar-refractivity contribution is 0.397. The highest BCUT2D eigenvalue weighted by Gasteiger charge is 2.41. The zero-order chi connectivity index (χ0) is 12.7. The highest BCUT2D eigenvalue weighted by atomic mass is 32.2. The summed E-state index contributed by atoms with van der Waals surface area (Å²) in [4.78, 5) is 0. The first-order valence-corrected chi connectivity index (χ1v) is 8.12. The van der Waals surface area contributed by atoms with E-state index < -0.39 is 10.0 Å². The Labute approximate surface area is 105 Å². The van der Waals surface area contributed by atoms with Crippen LogP contribution >= 0.6 is 0 Å². The van der Waals surface area contributed by atoms with Crippen molar-refractivity contribution in [1.82, 2.24) is 10.0 Å². The van der Waals surface area contributed by atoms with Crippen molar-refractivity contribution < 1.29 is 8.42 Å². The second-order valence-corrected chi connectivity index (χ2v) is 8.24. The SMILES string of the molecule is CC(CNC1CC1)S(=O)(=O)NC(C)(C)C1CC1. The molecule has 2 aliphatic rings. The van der Waals surface area contributed by atoms with Gasteiger partial charge in [0.2, 0.25) is 10.0 Å².